The van der Waals surface area contributed by atoms with Gasteiger partial charge in [-0.15, -0.1) is 11.3 Å². The van der Waals surface area contributed by atoms with Crippen LogP contribution in [0.4, 0.5) is 5.69 Å². The van der Waals surface area contributed by atoms with E-state index in [4.69, 9.17) is 4.74 Å². The number of hydrogen-bond acceptors (Lipinski definition) is 7. The van der Waals surface area contributed by atoms with Crippen molar-refractivity contribution in [2.24, 2.45) is 0 Å². The molecule has 0 saturated carbocycles. The monoisotopic (exact) mass is 455 g/mol. The van der Waals surface area contributed by atoms with Crippen molar-refractivity contribution in [3.63, 3.8) is 0 Å². The number of rotatable bonds is 5. The predicted molar refractivity (Wildman–Crippen MR) is 124 cm³/mol. The number of nitrogens with one attached hydrogen (secondary N) is 1. The summed E-state index contributed by atoms with van der Waals surface area (Å²) in [6.07, 6.45) is 1.39. The lowest BCUT2D eigenvalue weighted by atomic mass is 10.2. The highest BCUT2D eigenvalue weighted by molar-refractivity contribution is 7.20. The Morgan fingerprint density at radius 3 is 2.62 bits per heavy atom. The second kappa shape index (κ2) is 9.09. The Kier molecular flexibility index (Phi) is 6.24. The summed E-state index contributed by atoms with van der Waals surface area (Å²) >= 11 is 1.16. The van der Waals surface area contributed by atoms with Crippen LogP contribution in [0.2, 0.25) is 0 Å². The summed E-state index contributed by atoms with van der Waals surface area (Å²) in [5.41, 5.74) is 0.777. The van der Waals surface area contributed by atoms with Crippen molar-refractivity contribution in [2.75, 3.05) is 45.7 Å². The molecule has 1 aliphatic rings. The summed E-state index contributed by atoms with van der Waals surface area (Å²) in [7, 11) is 3.55. The summed E-state index contributed by atoms with van der Waals surface area (Å²) < 4.78 is 6.61. The highest BCUT2D eigenvalue weighted by Crippen LogP contribution is 2.29. The van der Waals surface area contributed by atoms with Crippen LogP contribution in [0.1, 0.15) is 15.2 Å². The fourth-order valence-corrected chi connectivity index (χ4v) is 4.75. The average molecular weight is 456 g/mol. The molecular weight excluding hydrogens is 430 g/mol. The quantitative estimate of drug-likeness (QED) is 0.630. The number of carbonyl (C=O) groups is 2. The summed E-state index contributed by atoms with van der Waals surface area (Å²) in [4.78, 5) is 47.9. The summed E-state index contributed by atoms with van der Waals surface area (Å²) in [6, 6.07) is 7.11. The Bertz CT molecular complexity index is 1230. The number of carbonyl (C=O) groups excluding carboxylic acids is 2. The molecule has 2 amide bonds. The lowest BCUT2D eigenvalue weighted by molar-refractivity contribution is -0.133. The van der Waals surface area contributed by atoms with E-state index in [1.54, 1.807) is 30.0 Å². The largest absolute Gasteiger partial charge is 0.495 e. The fourth-order valence-electron chi connectivity index (χ4n) is 3.72. The van der Waals surface area contributed by atoms with Crippen LogP contribution in [0.15, 0.2) is 35.4 Å². The van der Waals surface area contributed by atoms with E-state index in [0.717, 1.165) is 24.4 Å². The number of fused-ring (bicyclic) bond motifs is 1. The zero-order chi connectivity index (χ0) is 22.8. The normalized spacial score (nSPS) is 14.5. The molecule has 0 unspecified atom stereocenters. The minimum Gasteiger partial charge on any atom is -0.495 e. The summed E-state index contributed by atoms with van der Waals surface area (Å²) in [5.74, 6) is 0.0975. The first-order chi connectivity index (χ1) is 15.4. The third kappa shape index (κ3) is 4.23. The Morgan fingerprint density at radius 1 is 1.19 bits per heavy atom. The van der Waals surface area contributed by atoms with E-state index in [9.17, 15) is 14.4 Å². The lowest BCUT2D eigenvalue weighted by Gasteiger charge is -2.32. The average Bonchev–Trinajstić information content (AvgIpc) is 3.13. The van der Waals surface area contributed by atoms with E-state index >= 15 is 0 Å². The van der Waals surface area contributed by atoms with Gasteiger partial charge in [-0.1, -0.05) is 12.1 Å². The van der Waals surface area contributed by atoms with Crippen LogP contribution < -0.4 is 15.6 Å². The molecule has 1 aliphatic heterocycles. The molecule has 32 heavy (non-hydrogen) atoms. The van der Waals surface area contributed by atoms with Gasteiger partial charge in [0.15, 0.2) is 0 Å². The molecule has 1 saturated heterocycles. The van der Waals surface area contributed by atoms with Crippen molar-refractivity contribution in [1.82, 2.24) is 19.4 Å². The van der Waals surface area contributed by atoms with Crippen molar-refractivity contribution in [2.45, 2.75) is 13.5 Å². The molecule has 9 nitrogen and oxygen atoms in total. The van der Waals surface area contributed by atoms with E-state index < -0.39 is 0 Å². The summed E-state index contributed by atoms with van der Waals surface area (Å²) in [5, 5.41) is 3.21. The standard InChI is InChI=1S/C22H25N5O4S/c1-14-18-21(32-19(14)20(29)24-15-6-4-5-7-16(15)31-3)23-13-27(22(18)30)12-17(28)26-10-8-25(2)9-11-26/h4-7,13H,8-12H2,1-3H3,(H,24,29). The van der Waals surface area contributed by atoms with Gasteiger partial charge in [-0.05, 0) is 31.7 Å². The molecule has 1 aromatic carbocycles. The number of nitrogens with zero attached hydrogens (tertiary/aromatic N) is 4. The molecule has 0 bridgehead atoms. The zero-order valence-electron chi connectivity index (χ0n) is 18.3. The maximum Gasteiger partial charge on any atom is 0.266 e. The lowest BCUT2D eigenvalue weighted by Crippen LogP contribution is -2.48. The molecule has 0 radical (unpaired) electrons. The molecule has 0 aliphatic carbocycles. The van der Waals surface area contributed by atoms with Gasteiger partial charge in [-0.3, -0.25) is 19.0 Å². The van der Waals surface area contributed by atoms with Crippen LogP contribution >= 0.6 is 11.3 Å². The van der Waals surface area contributed by atoms with Crippen LogP contribution in [0.25, 0.3) is 10.2 Å². The van der Waals surface area contributed by atoms with Crippen LogP contribution in [0.3, 0.4) is 0 Å². The van der Waals surface area contributed by atoms with Gasteiger partial charge in [0.1, 0.15) is 17.1 Å². The van der Waals surface area contributed by atoms with Crippen LogP contribution in [0, 0.1) is 6.92 Å². The molecule has 1 N–H and O–H groups in total. The van der Waals surface area contributed by atoms with Crippen molar-refractivity contribution in [3.8, 4) is 5.75 Å². The van der Waals surface area contributed by atoms with Crippen molar-refractivity contribution in [3.05, 3.63) is 51.4 Å². The van der Waals surface area contributed by atoms with Gasteiger partial charge in [0, 0.05) is 26.2 Å². The second-order valence-corrected chi connectivity index (χ2v) is 8.75. The van der Waals surface area contributed by atoms with Gasteiger partial charge in [-0.25, -0.2) is 4.98 Å². The number of anilines is 1. The van der Waals surface area contributed by atoms with E-state index in [2.05, 4.69) is 15.2 Å². The molecule has 2 aromatic heterocycles. The molecule has 1 fully saturated rings. The fraction of sp³-hybridized carbons (Fsp3) is 0.364. The molecule has 0 spiro atoms. The number of thiophene rings is 1. The number of aromatic nitrogens is 2. The van der Waals surface area contributed by atoms with Gasteiger partial charge >= 0.3 is 0 Å². The Balaban J connectivity index is 1.59. The zero-order valence-corrected chi connectivity index (χ0v) is 19.1. The van der Waals surface area contributed by atoms with Crippen molar-refractivity contribution in [1.29, 1.82) is 0 Å². The maximum atomic E-state index is 13.1. The minimum atomic E-state index is -0.338. The molecule has 3 aromatic rings. The molecule has 168 valence electrons. The smallest absolute Gasteiger partial charge is 0.266 e. The van der Waals surface area contributed by atoms with Gasteiger partial charge < -0.3 is 19.9 Å². The number of piperazine rings is 1. The number of para-hydroxylation sites is 2. The highest BCUT2D eigenvalue weighted by atomic mass is 32.1. The summed E-state index contributed by atoms with van der Waals surface area (Å²) in [6.45, 7) is 4.57. The first-order valence-corrected chi connectivity index (χ1v) is 11.1. The number of hydrogen-bond donors (Lipinski definition) is 1. The first kappa shape index (κ1) is 22.0. The second-order valence-electron chi connectivity index (χ2n) is 7.75. The van der Waals surface area contributed by atoms with E-state index in [1.807, 2.05) is 13.1 Å². The number of ether oxygens (including phenoxy) is 1. The van der Waals surface area contributed by atoms with Crippen molar-refractivity contribution >= 4 is 39.1 Å². The van der Waals surface area contributed by atoms with E-state index in [-0.39, 0.29) is 23.9 Å². The first-order valence-electron chi connectivity index (χ1n) is 10.3. The number of likely N-dealkylation sites (N-methyl/N-ethyl adjacent to an activating group) is 1. The minimum absolute atomic E-state index is 0.0660. The number of aryl methyl sites for hydroxylation is 1. The van der Waals surface area contributed by atoms with Gasteiger partial charge in [0.2, 0.25) is 5.91 Å². The SMILES string of the molecule is COc1ccccc1NC(=O)c1sc2ncn(CC(=O)N3CCN(C)CC3)c(=O)c2c1C. The van der Waals surface area contributed by atoms with Gasteiger partial charge in [0.05, 0.1) is 29.4 Å². The van der Waals surface area contributed by atoms with Crippen LogP contribution in [0.5, 0.6) is 5.75 Å². The third-order valence-corrected chi connectivity index (χ3v) is 6.84. The van der Waals surface area contributed by atoms with Gasteiger partial charge in [0.25, 0.3) is 11.5 Å². The highest BCUT2D eigenvalue weighted by Gasteiger charge is 2.23. The molecule has 4 rings (SSSR count). The predicted octanol–water partition coefficient (Wildman–Crippen LogP) is 1.80. The molecule has 0 atom stereocenters. The maximum absolute atomic E-state index is 13.1. The van der Waals surface area contributed by atoms with Crippen molar-refractivity contribution < 1.29 is 14.3 Å². The topological polar surface area (TPSA) is 96.8 Å². The Hall–Kier alpha value is -3.24. The van der Waals surface area contributed by atoms with Crippen LogP contribution in [-0.4, -0.2) is 71.5 Å². The third-order valence-electron chi connectivity index (χ3n) is 5.64. The number of benzene rings is 1. The van der Waals surface area contributed by atoms with Gasteiger partial charge in [-0.2, -0.15) is 0 Å². The Morgan fingerprint density at radius 2 is 1.91 bits per heavy atom. The van der Waals surface area contributed by atoms with Crippen LogP contribution in [-0.2, 0) is 11.3 Å². The molecule has 3 heterocycles. The number of methoxy groups -OCH3 is 1. The van der Waals surface area contributed by atoms with E-state index in [0.29, 0.717) is 45.2 Å². The molecule has 10 heteroatoms. The molecular formula is C22H25N5O4S. The number of amides is 2. The van der Waals surface area contributed by atoms with E-state index in [1.165, 1.54) is 18.0 Å². The Labute approximate surface area is 189 Å².